The first kappa shape index (κ1) is 22.9. The predicted octanol–water partition coefficient (Wildman–Crippen LogP) is 5.20. The summed E-state index contributed by atoms with van der Waals surface area (Å²) in [7, 11) is 0. The van der Waals surface area contributed by atoms with Crippen molar-refractivity contribution in [2.24, 2.45) is 5.92 Å². The van der Waals surface area contributed by atoms with Crippen LogP contribution in [0.1, 0.15) is 43.0 Å². The quantitative estimate of drug-likeness (QED) is 0.621. The topological polar surface area (TPSA) is 51.2 Å². The molecule has 0 radical (unpaired) electrons. The Balaban J connectivity index is 1.58. The highest BCUT2D eigenvalue weighted by atomic mass is 19.4. The fraction of sp³-hybridized carbons (Fsp3) is 0.429. The Labute approximate surface area is 174 Å². The van der Waals surface area contributed by atoms with Gasteiger partial charge in [0.25, 0.3) is 0 Å². The van der Waals surface area contributed by atoms with Crippen LogP contribution in [0.4, 0.5) is 26.3 Å². The molecule has 0 bridgehead atoms. The van der Waals surface area contributed by atoms with Crippen molar-refractivity contribution < 1.29 is 35.9 Å². The van der Waals surface area contributed by atoms with Crippen molar-refractivity contribution in [2.75, 3.05) is 6.61 Å². The van der Waals surface area contributed by atoms with Gasteiger partial charge in [-0.05, 0) is 36.6 Å². The van der Waals surface area contributed by atoms with Crippen LogP contribution in [0.15, 0.2) is 42.6 Å². The number of nitrogens with one attached hydrogen (secondary N) is 1. The number of alkyl halides is 6. The lowest BCUT2D eigenvalue weighted by Crippen LogP contribution is -2.30. The summed E-state index contributed by atoms with van der Waals surface area (Å²) in [6, 6.07) is 7.12. The first-order valence-corrected chi connectivity index (χ1v) is 9.43. The Morgan fingerprint density at radius 3 is 2.32 bits per heavy atom. The van der Waals surface area contributed by atoms with Crippen molar-refractivity contribution in [1.82, 2.24) is 10.3 Å². The van der Waals surface area contributed by atoms with Crippen LogP contribution in [0.3, 0.4) is 0 Å². The SMILES string of the molecule is C[C@@H](NC(=O)[C@H]1C[C@]1(C)c1ccc(C(F)(F)F)cc1)c1ccc(OCC(F)(F)F)nc1. The molecule has 1 amide bonds. The molecule has 1 aromatic carbocycles. The van der Waals surface area contributed by atoms with Crippen molar-refractivity contribution >= 4 is 5.91 Å². The Morgan fingerprint density at radius 2 is 1.81 bits per heavy atom. The van der Waals surface area contributed by atoms with Crippen LogP contribution >= 0.6 is 0 Å². The lowest BCUT2D eigenvalue weighted by molar-refractivity contribution is -0.154. The van der Waals surface area contributed by atoms with Crippen LogP contribution < -0.4 is 10.1 Å². The number of hydrogen-bond donors (Lipinski definition) is 1. The molecule has 1 heterocycles. The Bertz CT molecular complexity index is 925. The van der Waals surface area contributed by atoms with E-state index < -0.39 is 41.9 Å². The Hall–Kier alpha value is -2.78. The van der Waals surface area contributed by atoms with Crippen molar-refractivity contribution in [1.29, 1.82) is 0 Å². The third-order valence-corrected chi connectivity index (χ3v) is 5.43. The van der Waals surface area contributed by atoms with E-state index in [1.165, 1.54) is 30.5 Å². The number of aromatic nitrogens is 1. The average Bonchev–Trinajstić information content (AvgIpc) is 3.39. The second kappa shape index (κ2) is 8.05. The average molecular weight is 446 g/mol. The van der Waals surface area contributed by atoms with E-state index in [0.717, 1.165) is 12.1 Å². The largest absolute Gasteiger partial charge is 0.468 e. The summed E-state index contributed by atoms with van der Waals surface area (Å²) in [5, 5.41) is 2.81. The van der Waals surface area contributed by atoms with Gasteiger partial charge in [0.1, 0.15) is 0 Å². The van der Waals surface area contributed by atoms with Gasteiger partial charge in [0.2, 0.25) is 11.8 Å². The minimum Gasteiger partial charge on any atom is -0.468 e. The molecule has 0 spiro atoms. The molecule has 1 N–H and O–H groups in total. The van der Waals surface area contributed by atoms with Crippen LogP contribution in [0.25, 0.3) is 0 Å². The molecular formula is C21H20F6N2O2. The van der Waals surface area contributed by atoms with E-state index in [2.05, 4.69) is 15.0 Å². The maximum Gasteiger partial charge on any atom is 0.422 e. The molecule has 1 saturated carbocycles. The number of benzene rings is 1. The van der Waals surface area contributed by atoms with Gasteiger partial charge in [-0.25, -0.2) is 4.98 Å². The van der Waals surface area contributed by atoms with E-state index >= 15 is 0 Å². The van der Waals surface area contributed by atoms with Gasteiger partial charge in [-0.2, -0.15) is 26.3 Å². The maximum atomic E-state index is 12.7. The van der Waals surface area contributed by atoms with Crippen LogP contribution in [0.2, 0.25) is 0 Å². The molecule has 0 unspecified atom stereocenters. The molecule has 0 aliphatic heterocycles. The van der Waals surface area contributed by atoms with Crippen LogP contribution in [0, 0.1) is 5.92 Å². The number of carbonyl (C=O) groups is 1. The molecule has 3 atom stereocenters. The van der Waals surface area contributed by atoms with Crippen molar-refractivity contribution in [2.45, 2.75) is 44.1 Å². The van der Waals surface area contributed by atoms with Crippen LogP contribution in [-0.2, 0) is 16.4 Å². The molecule has 1 aliphatic rings. The third-order valence-electron chi connectivity index (χ3n) is 5.43. The highest BCUT2D eigenvalue weighted by Crippen LogP contribution is 2.54. The van der Waals surface area contributed by atoms with Crippen molar-refractivity contribution in [3.63, 3.8) is 0 Å². The molecule has 3 rings (SSSR count). The molecule has 2 aromatic rings. The standard InChI is InChI=1S/C21H20F6N2O2/c1-12(13-3-8-17(28-10-13)31-11-20(22,23)24)29-18(30)16-9-19(16,2)14-4-6-15(7-5-14)21(25,26)27/h3-8,10,12,16H,9,11H2,1-2H3,(H,29,30)/t12-,16-,19-/m1/s1. The molecule has 31 heavy (non-hydrogen) atoms. The van der Waals surface area contributed by atoms with E-state index in [1.54, 1.807) is 6.92 Å². The minimum absolute atomic E-state index is 0.184. The predicted molar refractivity (Wildman–Crippen MR) is 99.2 cm³/mol. The third kappa shape index (κ3) is 5.48. The molecule has 10 heteroatoms. The lowest BCUT2D eigenvalue weighted by atomic mass is 9.94. The number of amides is 1. The monoisotopic (exact) mass is 446 g/mol. The number of nitrogens with zero attached hydrogens (tertiary/aromatic N) is 1. The molecule has 1 aliphatic carbocycles. The summed E-state index contributed by atoms with van der Waals surface area (Å²) < 4.78 is 79.3. The Kier molecular flexibility index (Phi) is 5.94. The summed E-state index contributed by atoms with van der Waals surface area (Å²) in [5.41, 5.74) is -0.0717. The molecule has 0 saturated heterocycles. The number of pyridine rings is 1. The molecule has 4 nitrogen and oxygen atoms in total. The van der Waals surface area contributed by atoms with Gasteiger partial charge in [0.05, 0.1) is 11.6 Å². The molecule has 1 fully saturated rings. The summed E-state index contributed by atoms with van der Waals surface area (Å²) in [6.45, 7) is 2.07. The molecular weight excluding hydrogens is 426 g/mol. The second-order valence-corrected chi connectivity index (χ2v) is 7.81. The highest BCUT2D eigenvalue weighted by Gasteiger charge is 2.55. The summed E-state index contributed by atoms with van der Waals surface area (Å²) >= 11 is 0. The van der Waals surface area contributed by atoms with E-state index in [0.29, 0.717) is 17.5 Å². The van der Waals surface area contributed by atoms with Gasteiger partial charge < -0.3 is 10.1 Å². The van der Waals surface area contributed by atoms with Crippen LogP contribution in [0.5, 0.6) is 5.88 Å². The summed E-state index contributed by atoms with van der Waals surface area (Å²) in [5.74, 6) is -0.835. The van der Waals surface area contributed by atoms with Gasteiger partial charge in [0, 0.05) is 23.6 Å². The van der Waals surface area contributed by atoms with Gasteiger partial charge in [-0.15, -0.1) is 0 Å². The van der Waals surface area contributed by atoms with E-state index in [4.69, 9.17) is 0 Å². The fourth-order valence-corrected chi connectivity index (χ4v) is 3.39. The van der Waals surface area contributed by atoms with E-state index in [9.17, 15) is 31.1 Å². The van der Waals surface area contributed by atoms with Gasteiger partial charge in [-0.3, -0.25) is 4.79 Å². The minimum atomic E-state index is -4.47. The smallest absolute Gasteiger partial charge is 0.422 e. The number of halogens is 6. The lowest BCUT2D eigenvalue weighted by Gasteiger charge is -2.17. The molecule has 168 valence electrons. The van der Waals surface area contributed by atoms with E-state index in [-0.39, 0.29) is 11.8 Å². The number of ether oxygens (including phenoxy) is 1. The number of rotatable bonds is 6. The maximum absolute atomic E-state index is 12.7. The first-order chi connectivity index (χ1) is 14.3. The zero-order valence-electron chi connectivity index (χ0n) is 16.6. The second-order valence-electron chi connectivity index (χ2n) is 7.81. The van der Waals surface area contributed by atoms with Gasteiger partial charge in [0.15, 0.2) is 6.61 Å². The van der Waals surface area contributed by atoms with Gasteiger partial charge >= 0.3 is 12.4 Å². The molecule has 1 aromatic heterocycles. The van der Waals surface area contributed by atoms with Crippen molar-refractivity contribution in [3.05, 3.63) is 59.3 Å². The van der Waals surface area contributed by atoms with E-state index in [1.807, 2.05) is 6.92 Å². The first-order valence-electron chi connectivity index (χ1n) is 9.43. The van der Waals surface area contributed by atoms with Crippen LogP contribution in [-0.4, -0.2) is 23.7 Å². The summed E-state index contributed by atoms with van der Waals surface area (Å²) in [4.78, 5) is 16.4. The normalized spacial score (nSPS) is 22.0. The number of hydrogen-bond acceptors (Lipinski definition) is 3. The van der Waals surface area contributed by atoms with Crippen molar-refractivity contribution in [3.8, 4) is 5.88 Å². The summed E-state index contributed by atoms with van der Waals surface area (Å²) in [6.07, 6.45) is -7.07. The zero-order chi connectivity index (χ0) is 23.0. The van der Waals surface area contributed by atoms with Gasteiger partial charge in [-0.1, -0.05) is 25.1 Å². The number of carbonyl (C=O) groups excluding carboxylic acids is 1. The zero-order valence-corrected chi connectivity index (χ0v) is 16.6. The highest BCUT2D eigenvalue weighted by molar-refractivity contribution is 5.84. The Morgan fingerprint density at radius 1 is 1.16 bits per heavy atom. The fourth-order valence-electron chi connectivity index (χ4n) is 3.39.